The average molecular weight is 255 g/mol. The van der Waals surface area contributed by atoms with Crippen LogP contribution in [-0.2, 0) is 0 Å². The fourth-order valence-corrected chi connectivity index (χ4v) is 1.71. The van der Waals surface area contributed by atoms with E-state index in [1.165, 1.54) is 6.20 Å². The Hall–Kier alpha value is -1.53. The molecule has 16 heavy (non-hydrogen) atoms. The van der Waals surface area contributed by atoms with Gasteiger partial charge in [0, 0.05) is 0 Å². The number of hydrogen-bond donors (Lipinski definition) is 1. The van der Waals surface area contributed by atoms with Crippen molar-refractivity contribution in [2.45, 2.75) is 6.92 Å². The van der Waals surface area contributed by atoms with Crippen molar-refractivity contribution in [1.29, 1.82) is 0 Å². The molecule has 0 spiro atoms. The van der Waals surface area contributed by atoms with Crippen molar-refractivity contribution in [2.24, 2.45) is 0 Å². The SMILES string of the molecule is Cc1nc(Cl)ccc1NC(=O)c1cnns1. The first kappa shape index (κ1) is 11.0. The number of carbonyl (C=O) groups is 1. The van der Waals surface area contributed by atoms with Gasteiger partial charge < -0.3 is 5.32 Å². The molecule has 2 rings (SSSR count). The molecule has 82 valence electrons. The van der Waals surface area contributed by atoms with Crippen molar-refractivity contribution in [2.75, 3.05) is 5.32 Å². The molecule has 2 aromatic heterocycles. The molecular weight excluding hydrogens is 248 g/mol. The Balaban J connectivity index is 2.18. The average Bonchev–Trinajstić information content (AvgIpc) is 2.75. The minimum absolute atomic E-state index is 0.248. The summed E-state index contributed by atoms with van der Waals surface area (Å²) >= 11 is 6.75. The van der Waals surface area contributed by atoms with Gasteiger partial charge in [-0.15, -0.1) is 5.10 Å². The van der Waals surface area contributed by atoms with Gasteiger partial charge in [0.25, 0.3) is 5.91 Å². The molecule has 0 bridgehead atoms. The minimum Gasteiger partial charge on any atom is -0.320 e. The summed E-state index contributed by atoms with van der Waals surface area (Å²) in [6.45, 7) is 1.77. The predicted molar refractivity (Wildman–Crippen MR) is 61.8 cm³/mol. The smallest absolute Gasteiger partial charge is 0.269 e. The number of halogens is 1. The van der Waals surface area contributed by atoms with E-state index in [0.717, 1.165) is 11.5 Å². The van der Waals surface area contributed by atoms with Crippen LogP contribution in [0.4, 0.5) is 5.69 Å². The second-order valence-electron chi connectivity index (χ2n) is 3.00. The van der Waals surface area contributed by atoms with Gasteiger partial charge in [-0.05, 0) is 30.6 Å². The van der Waals surface area contributed by atoms with Crippen molar-refractivity contribution in [3.63, 3.8) is 0 Å². The Labute approximate surface area is 101 Å². The maximum atomic E-state index is 11.7. The lowest BCUT2D eigenvalue weighted by atomic mass is 10.3. The number of pyridine rings is 1. The molecule has 2 heterocycles. The van der Waals surface area contributed by atoms with Gasteiger partial charge in [-0.1, -0.05) is 16.1 Å². The number of amides is 1. The first-order valence-electron chi connectivity index (χ1n) is 4.38. The molecule has 0 aliphatic rings. The predicted octanol–water partition coefficient (Wildman–Crippen LogP) is 2.15. The molecule has 0 fully saturated rings. The standard InChI is InChI=1S/C9H7ClN4OS/c1-5-6(2-3-8(10)12-5)13-9(15)7-4-11-14-16-7/h2-4H,1H3,(H,13,15). The molecule has 2 aromatic rings. The third-order valence-electron chi connectivity index (χ3n) is 1.89. The van der Waals surface area contributed by atoms with Gasteiger partial charge in [-0.3, -0.25) is 4.79 Å². The van der Waals surface area contributed by atoms with Crippen molar-refractivity contribution in [3.05, 3.63) is 34.1 Å². The first-order chi connectivity index (χ1) is 7.66. The van der Waals surface area contributed by atoms with Crippen LogP contribution in [0.3, 0.4) is 0 Å². The molecule has 0 atom stereocenters. The van der Waals surface area contributed by atoms with E-state index in [0.29, 0.717) is 21.4 Å². The maximum Gasteiger partial charge on any atom is 0.269 e. The van der Waals surface area contributed by atoms with Crippen LogP contribution in [-0.4, -0.2) is 20.5 Å². The van der Waals surface area contributed by atoms with Crippen LogP contribution in [0.15, 0.2) is 18.3 Å². The van der Waals surface area contributed by atoms with Crippen LogP contribution in [0.2, 0.25) is 5.15 Å². The number of nitrogens with zero attached hydrogens (tertiary/aromatic N) is 3. The summed E-state index contributed by atoms with van der Waals surface area (Å²) in [4.78, 5) is 16.2. The van der Waals surface area contributed by atoms with Gasteiger partial charge in [-0.2, -0.15) is 0 Å². The van der Waals surface area contributed by atoms with Crippen molar-refractivity contribution < 1.29 is 4.79 Å². The summed E-state index contributed by atoms with van der Waals surface area (Å²) in [6, 6.07) is 3.33. The van der Waals surface area contributed by atoms with E-state index in [1.54, 1.807) is 19.1 Å². The number of rotatable bonds is 2. The second-order valence-corrected chi connectivity index (χ2v) is 4.18. The van der Waals surface area contributed by atoms with Crippen LogP contribution in [0.1, 0.15) is 15.4 Å². The summed E-state index contributed by atoms with van der Waals surface area (Å²) in [7, 11) is 0. The zero-order valence-electron chi connectivity index (χ0n) is 8.27. The number of aromatic nitrogens is 3. The van der Waals surface area contributed by atoms with Crippen LogP contribution in [0.5, 0.6) is 0 Å². The summed E-state index contributed by atoms with van der Waals surface area (Å²) in [5.74, 6) is -0.248. The van der Waals surface area contributed by atoms with E-state index in [2.05, 4.69) is 19.9 Å². The molecule has 7 heteroatoms. The summed E-state index contributed by atoms with van der Waals surface area (Å²) < 4.78 is 3.62. The van der Waals surface area contributed by atoms with Gasteiger partial charge in [0.15, 0.2) is 0 Å². The first-order valence-corrected chi connectivity index (χ1v) is 5.54. The highest BCUT2D eigenvalue weighted by molar-refractivity contribution is 7.07. The summed E-state index contributed by atoms with van der Waals surface area (Å²) in [6.07, 6.45) is 1.42. The molecular formula is C9H7ClN4OS. The fraction of sp³-hybridized carbons (Fsp3) is 0.111. The Morgan fingerprint density at radius 3 is 2.94 bits per heavy atom. The lowest BCUT2D eigenvalue weighted by molar-refractivity contribution is 0.103. The van der Waals surface area contributed by atoms with Crippen molar-refractivity contribution >= 4 is 34.7 Å². The van der Waals surface area contributed by atoms with Gasteiger partial charge in [0.1, 0.15) is 10.0 Å². The Morgan fingerprint density at radius 1 is 1.50 bits per heavy atom. The maximum absolute atomic E-state index is 11.7. The minimum atomic E-state index is -0.248. The zero-order valence-corrected chi connectivity index (χ0v) is 9.84. The molecule has 0 aliphatic heterocycles. The van der Waals surface area contributed by atoms with Gasteiger partial charge in [0.2, 0.25) is 0 Å². The second kappa shape index (κ2) is 4.54. The van der Waals surface area contributed by atoms with Gasteiger partial charge in [-0.25, -0.2) is 4.98 Å². The molecule has 0 aliphatic carbocycles. The molecule has 0 radical (unpaired) electrons. The molecule has 5 nitrogen and oxygen atoms in total. The van der Waals surface area contributed by atoms with E-state index >= 15 is 0 Å². The largest absolute Gasteiger partial charge is 0.320 e. The Morgan fingerprint density at radius 2 is 2.31 bits per heavy atom. The monoisotopic (exact) mass is 254 g/mol. The van der Waals surface area contributed by atoms with E-state index in [9.17, 15) is 4.79 Å². The van der Waals surface area contributed by atoms with E-state index < -0.39 is 0 Å². The topological polar surface area (TPSA) is 67.8 Å². The highest BCUT2D eigenvalue weighted by atomic mass is 35.5. The molecule has 1 amide bonds. The normalized spacial score (nSPS) is 10.1. The molecule has 0 unspecified atom stereocenters. The number of carbonyl (C=O) groups excluding carboxylic acids is 1. The zero-order chi connectivity index (χ0) is 11.5. The van der Waals surface area contributed by atoms with Crippen LogP contribution in [0.25, 0.3) is 0 Å². The lowest BCUT2D eigenvalue weighted by Crippen LogP contribution is -2.11. The number of anilines is 1. The Kier molecular flexibility index (Phi) is 3.12. The van der Waals surface area contributed by atoms with Crippen molar-refractivity contribution in [3.8, 4) is 0 Å². The Bertz CT molecular complexity index is 514. The quantitative estimate of drug-likeness (QED) is 0.834. The third kappa shape index (κ3) is 2.34. The van der Waals surface area contributed by atoms with Crippen LogP contribution in [0, 0.1) is 6.92 Å². The van der Waals surface area contributed by atoms with Gasteiger partial charge >= 0.3 is 0 Å². The number of nitrogens with one attached hydrogen (secondary N) is 1. The number of aryl methyl sites for hydroxylation is 1. The summed E-state index contributed by atoms with van der Waals surface area (Å²) in [5, 5.41) is 6.70. The molecule has 0 saturated carbocycles. The third-order valence-corrected chi connectivity index (χ3v) is 2.76. The fourth-order valence-electron chi connectivity index (χ4n) is 1.11. The van der Waals surface area contributed by atoms with E-state index in [4.69, 9.17) is 11.6 Å². The summed E-state index contributed by atoms with van der Waals surface area (Å²) in [5.41, 5.74) is 1.29. The van der Waals surface area contributed by atoms with Crippen molar-refractivity contribution in [1.82, 2.24) is 14.6 Å². The highest BCUT2D eigenvalue weighted by Gasteiger charge is 2.10. The number of hydrogen-bond acceptors (Lipinski definition) is 5. The van der Waals surface area contributed by atoms with E-state index in [-0.39, 0.29) is 5.91 Å². The van der Waals surface area contributed by atoms with Crippen LogP contribution < -0.4 is 5.32 Å². The lowest BCUT2D eigenvalue weighted by Gasteiger charge is -2.05. The van der Waals surface area contributed by atoms with Gasteiger partial charge in [0.05, 0.1) is 17.6 Å². The highest BCUT2D eigenvalue weighted by Crippen LogP contribution is 2.17. The molecule has 0 saturated heterocycles. The van der Waals surface area contributed by atoms with Crippen LogP contribution >= 0.6 is 23.1 Å². The van der Waals surface area contributed by atoms with E-state index in [1.807, 2.05) is 0 Å². The molecule has 1 N–H and O–H groups in total. The molecule has 0 aromatic carbocycles.